The first-order valence-corrected chi connectivity index (χ1v) is 10.4. The van der Waals surface area contributed by atoms with Crippen LogP contribution in [-0.2, 0) is 4.74 Å². The van der Waals surface area contributed by atoms with Crippen molar-refractivity contribution in [1.82, 2.24) is 20.4 Å². The van der Waals surface area contributed by atoms with Gasteiger partial charge in [0.1, 0.15) is 0 Å². The molecule has 0 aliphatic carbocycles. The summed E-state index contributed by atoms with van der Waals surface area (Å²) < 4.78 is 10.8. The van der Waals surface area contributed by atoms with Crippen LogP contribution in [0.4, 0.5) is 4.79 Å². The Hall–Kier alpha value is -2.87. The number of nitrogens with zero attached hydrogens (tertiary/aromatic N) is 3. The van der Waals surface area contributed by atoms with E-state index in [1.165, 1.54) is 0 Å². The van der Waals surface area contributed by atoms with Crippen LogP contribution in [0.15, 0.2) is 58.8 Å². The van der Waals surface area contributed by atoms with Crippen molar-refractivity contribution in [2.75, 3.05) is 20.3 Å². The highest BCUT2D eigenvalue weighted by Gasteiger charge is 2.35. The van der Waals surface area contributed by atoms with Gasteiger partial charge in [-0.1, -0.05) is 40.5 Å². The van der Waals surface area contributed by atoms with Gasteiger partial charge in [0.15, 0.2) is 0 Å². The third-order valence-corrected chi connectivity index (χ3v) is 5.54. The smallest absolute Gasteiger partial charge is 0.322 e. The number of urea groups is 1. The van der Waals surface area contributed by atoms with Crippen LogP contribution in [0.3, 0.4) is 0 Å². The van der Waals surface area contributed by atoms with Crippen LogP contribution in [0.25, 0.3) is 17.0 Å². The van der Waals surface area contributed by atoms with Gasteiger partial charge in [-0.2, -0.15) is 4.98 Å². The van der Waals surface area contributed by atoms with Gasteiger partial charge in [0.05, 0.1) is 24.8 Å². The highest BCUT2D eigenvalue weighted by Crippen LogP contribution is 2.37. The summed E-state index contributed by atoms with van der Waals surface area (Å²) in [7, 11) is 1.59. The van der Waals surface area contributed by atoms with Gasteiger partial charge in [0, 0.05) is 28.4 Å². The lowest BCUT2D eigenvalue weighted by Crippen LogP contribution is -2.47. The first-order chi connectivity index (χ1) is 15.0. The van der Waals surface area contributed by atoms with Crippen molar-refractivity contribution in [1.29, 1.82) is 0 Å². The Morgan fingerprint density at radius 2 is 1.94 bits per heavy atom. The molecule has 1 aliphatic heterocycles. The molecule has 1 N–H and O–H groups in total. The van der Waals surface area contributed by atoms with Gasteiger partial charge in [0.25, 0.3) is 5.89 Å². The minimum Gasteiger partial charge on any atom is -0.383 e. The van der Waals surface area contributed by atoms with Crippen molar-refractivity contribution in [2.45, 2.75) is 13.0 Å². The molecule has 2 amide bonds. The van der Waals surface area contributed by atoms with Crippen LogP contribution >= 0.6 is 23.2 Å². The molecule has 1 unspecified atom stereocenters. The molecule has 3 aromatic rings. The van der Waals surface area contributed by atoms with Gasteiger partial charge in [-0.3, -0.25) is 4.90 Å². The molecule has 0 saturated carbocycles. The van der Waals surface area contributed by atoms with E-state index in [0.717, 1.165) is 11.1 Å². The van der Waals surface area contributed by atoms with Crippen molar-refractivity contribution in [2.24, 2.45) is 0 Å². The number of hydrogen-bond donors (Lipinski definition) is 1. The minimum atomic E-state index is -0.497. The van der Waals surface area contributed by atoms with Gasteiger partial charge in [-0.25, -0.2) is 4.79 Å². The van der Waals surface area contributed by atoms with Gasteiger partial charge in [-0.05, 0) is 48.9 Å². The predicted molar refractivity (Wildman–Crippen MR) is 119 cm³/mol. The van der Waals surface area contributed by atoms with Gasteiger partial charge < -0.3 is 14.6 Å². The van der Waals surface area contributed by atoms with Crippen molar-refractivity contribution >= 4 is 34.8 Å². The molecule has 2 heterocycles. The normalized spacial score (nSPS) is 16.6. The zero-order valence-corrected chi connectivity index (χ0v) is 18.4. The number of carbonyl (C=O) groups is 1. The third kappa shape index (κ3) is 4.44. The van der Waals surface area contributed by atoms with E-state index in [1.807, 2.05) is 31.2 Å². The maximum Gasteiger partial charge on any atom is 0.322 e. The fraction of sp³-hybridized carbons (Fsp3) is 0.227. The number of carbonyl (C=O) groups excluding carboxylic acids is 1. The van der Waals surface area contributed by atoms with Crippen LogP contribution in [0.2, 0.25) is 10.0 Å². The fourth-order valence-electron chi connectivity index (χ4n) is 3.50. The molecular formula is C22H20Cl2N4O3. The third-order valence-electron chi connectivity index (χ3n) is 5.06. The number of allylic oxidation sites excluding steroid dienone is 1. The van der Waals surface area contributed by atoms with E-state index < -0.39 is 6.04 Å². The zero-order valence-electron chi connectivity index (χ0n) is 16.9. The highest BCUT2D eigenvalue weighted by molar-refractivity contribution is 6.30. The molecule has 1 aromatic heterocycles. The molecule has 0 radical (unpaired) electrons. The molecule has 1 aliphatic rings. The van der Waals surface area contributed by atoms with Crippen LogP contribution in [0.1, 0.15) is 24.4 Å². The van der Waals surface area contributed by atoms with Crippen LogP contribution < -0.4 is 5.32 Å². The predicted octanol–water partition coefficient (Wildman–Crippen LogP) is 5.19. The van der Waals surface area contributed by atoms with Crippen molar-refractivity contribution < 1.29 is 14.1 Å². The van der Waals surface area contributed by atoms with E-state index in [2.05, 4.69) is 15.5 Å². The average Bonchev–Trinajstić information content (AvgIpc) is 3.23. The molecule has 1 atom stereocenters. The van der Waals surface area contributed by atoms with Crippen molar-refractivity contribution in [3.05, 3.63) is 75.7 Å². The Morgan fingerprint density at radius 3 is 2.65 bits per heavy atom. The number of hydrogen-bond acceptors (Lipinski definition) is 5. The fourth-order valence-corrected chi connectivity index (χ4v) is 3.82. The molecule has 9 heteroatoms. The van der Waals surface area contributed by atoms with E-state index in [1.54, 1.807) is 36.3 Å². The molecule has 4 rings (SSSR count). The quantitative estimate of drug-likeness (QED) is 0.549. The average molecular weight is 459 g/mol. The Morgan fingerprint density at radius 1 is 1.16 bits per heavy atom. The molecular weight excluding hydrogens is 439 g/mol. The maximum absolute atomic E-state index is 12.8. The summed E-state index contributed by atoms with van der Waals surface area (Å²) in [5, 5.41) is 8.35. The highest BCUT2D eigenvalue weighted by atomic mass is 35.5. The Balaban J connectivity index is 1.80. The second-order valence-corrected chi connectivity index (χ2v) is 7.88. The zero-order chi connectivity index (χ0) is 22.0. The molecule has 2 aromatic carbocycles. The van der Waals surface area contributed by atoms with E-state index in [0.29, 0.717) is 46.2 Å². The van der Waals surface area contributed by atoms with Gasteiger partial charge in [0.2, 0.25) is 5.82 Å². The first-order valence-electron chi connectivity index (χ1n) is 9.61. The SMILES string of the molecule is COCCN1C(=O)NC(c2cccc(Cl)c2)C(c2nc(-c3ccc(Cl)cc3)no2)=C1C. The minimum absolute atomic E-state index is 0.235. The second-order valence-electron chi connectivity index (χ2n) is 7.01. The molecule has 0 bridgehead atoms. The van der Waals surface area contributed by atoms with Crippen LogP contribution in [0, 0.1) is 0 Å². The Labute approximate surface area is 189 Å². The lowest BCUT2D eigenvalue weighted by atomic mass is 9.94. The van der Waals surface area contributed by atoms with Crippen LogP contribution in [0.5, 0.6) is 0 Å². The van der Waals surface area contributed by atoms with E-state index in [-0.39, 0.29) is 6.03 Å². The lowest BCUT2D eigenvalue weighted by Gasteiger charge is -2.35. The number of benzene rings is 2. The van der Waals surface area contributed by atoms with E-state index in [9.17, 15) is 4.79 Å². The number of amides is 2. The number of ether oxygens (including phenoxy) is 1. The molecule has 0 spiro atoms. The summed E-state index contributed by atoms with van der Waals surface area (Å²) in [5.74, 6) is 0.743. The van der Waals surface area contributed by atoms with Crippen LogP contribution in [-0.4, -0.2) is 41.3 Å². The summed E-state index contributed by atoms with van der Waals surface area (Å²) in [5.41, 5.74) is 2.99. The largest absolute Gasteiger partial charge is 0.383 e. The summed E-state index contributed by atoms with van der Waals surface area (Å²) in [6.45, 7) is 2.63. The second kappa shape index (κ2) is 9.09. The summed E-state index contributed by atoms with van der Waals surface area (Å²) in [6, 6.07) is 13.7. The molecule has 160 valence electrons. The van der Waals surface area contributed by atoms with E-state index in [4.69, 9.17) is 32.5 Å². The standard InChI is InChI=1S/C22H20Cl2N4O3/c1-13-18(21-26-20(27-31-21)14-6-8-16(23)9-7-14)19(15-4-3-5-17(24)12-15)25-22(29)28(13)10-11-30-2/h3-9,12,19H,10-11H2,1-2H3,(H,25,29). The van der Waals surface area contributed by atoms with Crippen molar-refractivity contribution in [3.63, 3.8) is 0 Å². The number of rotatable bonds is 6. The van der Waals surface area contributed by atoms with Gasteiger partial charge >= 0.3 is 6.03 Å². The first kappa shape index (κ1) is 21.4. The molecule has 7 nitrogen and oxygen atoms in total. The summed E-state index contributed by atoms with van der Waals surface area (Å²) in [4.78, 5) is 19.0. The Bertz CT molecular complexity index is 1130. The van der Waals surface area contributed by atoms with Crippen molar-refractivity contribution in [3.8, 4) is 11.4 Å². The monoisotopic (exact) mass is 458 g/mol. The lowest BCUT2D eigenvalue weighted by molar-refractivity contribution is 0.158. The number of methoxy groups -OCH3 is 1. The number of aromatic nitrogens is 2. The maximum atomic E-state index is 12.8. The topological polar surface area (TPSA) is 80.5 Å². The van der Waals surface area contributed by atoms with E-state index >= 15 is 0 Å². The molecule has 0 saturated heterocycles. The molecule has 0 fully saturated rings. The number of nitrogens with one attached hydrogen (secondary N) is 1. The summed E-state index contributed by atoms with van der Waals surface area (Å²) in [6.07, 6.45) is 0. The summed E-state index contributed by atoms with van der Waals surface area (Å²) >= 11 is 12.2. The van der Waals surface area contributed by atoms with Gasteiger partial charge in [-0.15, -0.1) is 0 Å². The molecule has 31 heavy (non-hydrogen) atoms. The Kier molecular flexibility index (Phi) is 6.27. The number of halogens is 2.